The van der Waals surface area contributed by atoms with Gasteiger partial charge in [-0.15, -0.1) is 0 Å². The minimum absolute atomic E-state index is 0.0264. The molecule has 0 unspecified atom stereocenters. The van der Waals surface area contributed by atoms with Crippen molar-refractivity contribution in [1.82, 2.24) is 0 Å². The summed E-state index contributed by atoms with van der Waals surface area (Å²) in [7, 11) is 0. The first-order valence-corrected chi connectivity index (χ1v) is 4.19. The number of hydrogen-bond acceptors (Lipinski definition) is 3. The zero-order valence-electron chi connectivity index (χ0n) is 7.44. The number of rotatable bonds is 4. The van der Waals surface area contributed by atoms with E-state index in [1.165, 1.54) is 6.07 Å². The van der Waals surface area contributed by atoms with Crippen LogP contribution in [0.1, 0.15) is 12.0 Å². The molecule has 0 saturated heterocycles. The Hall–Kier alpha value is -1.49. The third-order valence-corrected chi connectivity index (χ3v) is 1.83. The molecule has 0 fully saturated rings. The topological polar surface area (TPSA) is 63.4 Å². The van der Waals surface area contributed by atoms with Gasteiger partial charge in [0.2, 0.25) is 5.82 Å². The summed E-state index contributed by atoms with van der Waals surface area (Å²) in [6, 6.07) is 3.77. The van der Waals surface area contributed by atoms with E-state index in [0.717, 1.165) is 12.1 Å². The van der Waals surface area contributed by atoms with E-state index < -0.39 is 16.4 Å². The standard InChI is InChI=1S/C9H10FNO3/c10-8-6-7(2-1-5-12)3-4-9(8)11(13)14/h3-4,6,12H,1-2,5H2. The highest BCUT2D eigenvalue weighted by atomic mass is 19.1. The number of nitro benzene ring substituents is 1. The molecule has 0 radical (unpaired) electrons. The maximum absolute atomic E-state index is 13.0. The molecule has 0 aromatic heterocycles. The van der Waals surface area contributed by atoms with Gasteiger partial charge in [0.1, 0.15) is 0 Å². The van der Waals surface area contributed by atoms with E-state index >= 15 is 0 Å². The fourth-order valence-electron chi connectivity index (χ4n) is 1.14. The van der Waals surface area contributed by atoms with Crippen LogP contribution in [-0.2, 0) is 6.42 Å². The molecule has 4 nitrogen and oxygen atoms in total. The van der Waals surface area contributed by atoms with Gasteiger partial charge in [-0.05, 0) is 24.5 Å². The van der Waals surface area contributed by atoms with Crippen LogP contribution in [0.2, 0.25) is 0 Å². The third-order valence-electron chi connectivity index (χ3n) is 1.83. The lowest BCUT2D eigenvalue weighted by Gasteiger charge is -1.99. The largest absolute Gasteiger partial charge is 0.396 e. The molecule has 14 heavy (non-hydrogen) atoms. The smallest absolute Gasteiger partial charge is 0.304 e. The van der Waals surface area contributed by atoms with Crippen LogP contribution in [0.15, 0.2) is 18.2 Å². The van der Waals surface area contributed by atoms with E-state index in [1.807, 2.05) is 0 Å². The highest BCUT2D eigenvalue weighted by Crippen LogP contribution is 2.18. The Bertz CT molecular complexity index is 341. The Morgan fingerprint density at radius 3 is 2.71 bits per heavy atom. The van der Waals surface area contributed by atoms with Gasteiger partial charge in [0.15, 0.2) is 0 Å². The van der Waals surface area contributed by atoms with Crippen LogP contribution < -0.4 is 0 Å². The lowest BCUT2D eigenvalue weighted by atomic mass is 10.1. The van der Waals surface area contributed by atoms with Crippen molar-refractivity contribution >= 4 is 5.69 Å². The van der Waals surface area contributed by atoms with Crippen LogP contribution in [0.25, 0.3) is 0 Å². The summed E-state index contributed by atoms with van der Waals surface area (Å²) in [5.41, 5.74) is 0.139. The highest BCUT2D eigenvalue weighted by Gasteiger charge is 2.13. The van der Waals surface area contributed by atoms with Crippen molar-refractivity contribution in [3.8, 4) is 0 Å². The molecule has 1 aromatic carbocycles. The molecule has 0 saturated carbocycles. The summed E-state index contributed by atoms with van der Waals surface area (Å²) >= 11 is 0. The predicted octanol–water partition coefficient (Wildman–Crippen LogP) is 1.66. The second kappa shape index (κ2) is 4.66. The minimum atomic E-state index is -0.828. The summed E-state index contributed by atoms with van der Waals surface area (Å²) < 4.78 is 13.0. The van der Waals surface area contributed by atoms with Crippen molar-refractivity contribution in [2.75, 3.05) is 6.61 Å². The monoisotopic (exact) mass is 199 g/mol. The lowest BCUT2D eigenvalue weighted by molar-refractivity contribution is -0.387. The number of nitrogens with zero attached hydrogens (tertiary/aromatic N) is 1. The number of hydrogen-bond donors (Lipinski definition) is 1. The molecule has 1 aromatic rings. The van der Waals surface area contributed by atoms with Gasteiger partial charge >= 0.3 is 5.69 Å². The van der Waals surface area contributed by atoms with Crippen LogP contribution in [-0.4, -0.2) is 16.6 Å². The van der Waals surface area contributed by atoms with Gasteiger partial charge in [-0.1, -0.05) is 6.07 Å². The maximum Gasteiger partial charge on any atom is 0.304 e. The summed E-state index contributed by atoms with van der Waals surface area (Å²) in [6.07, 6.45) is 1.04. The molecule has 0 aliphatic heterocycles. The number of aliphatic hydroxyl groups excluding tert-OH is 1. The van der Waals surface area contributed by atoms with Crippen molar-refractivity contribution < 1.29 is 14.4 Å². The zero-order valence-corrected chi connectivity index (χ0v) is 7.44. The Kier molecular flexibility index (Phi) is 3.53. The van der Waals surface area contributed by atoms with E-state index in [0.29, 0.717) is 18.4 Å². The first-order valence-electron chi connectivity index (χ1n) is 4.19. The average Bonchev–Trinajstić information content (AvgIpc) is 2.14. The molecule has 0 aliphatic carbocycles. The van der Waals surface area contributed by atoms with Crippen LogP contribution >= 0.6 is 0 Å². The molecule has 76 valence electrons. The summed E-state index contributed by atoms with van der Waals surface area (Å²) in [5, 5.41) is 18.8. The molecular weight excluding hydrogens is 189 g/mol. The predicted molar refractivity (Wildman–Crippen MR) is 48.5 cm³/mol. The Labute approximate surface area is 80.1 Å². The fourth-order valence-corrected chi connectivity index (χ4v) is 1.14. The van der Waals surface area contributed by atoms with Crippen molar-refractivity contribution in [3.63, 3.8) is 0 Å². The molecular formula is C9H10FNO3. The number of nitro groups is 1. The van der Waals surface area contributed by atoms with Gasteiger partial charge in [0.25, 0.3) is 0 Å². The molecule has 0 amide bonds. The van der Waals surface area contributed by atoms with Crippen molar-refractivity contribution in [2.45, 2.75) is 12.8 Å². The van der Waals surface area contributed by atoms with Crippen LogP contribution in [0, 0.1) is 15.9 Å². The quantitative estimate of drug-likeness (QED) is 0.592. The van der Waals surface area contributed by atoms with E-state index in [1.54, 1.807) is 0 Å². The van der Waals surface area contributed by atoms with E-state index in [9.17, 15) is 14.5 Å². The molecule has 0 spiro atoms. The summed E-state index contributed by atoms with van der Waals surface area (Å²) in [5.74, 6) is -0.828. The fraction of sp³-hybridized carbons (Fsp3) is 0.333. The van der Waals surface area contributed by atoms with Gasteiger partial charge in [-0.25, -0.2) is 0 Å². The maximum atomic E-state index is 13.0. The second-order valence-electron chi connectivity index (χ2n) is 2.87. The van der Waals surface area contributed by atoms with Crippen LogP contribution in [0.4, 0.5) is 10.1 Å². The van der Waals surface area contributed by atoms with Crippen LogP contribution in [0.3, 0.4) is 0 Å². The van der Waals surface area contributed by atoms with E-state index in [-0.39, 0.29) is 6.61 Å². The molecule has 0 bridgehead atoms. The third kappa shape index (κ3) is 2.50. The SMILES string of the molecule is O=[N+]([O-])c1ccc(CCCO)cc1F. The number of benzene rings is 1. The average molecular weight is 199 g/mol. The van der Waals surface area contributed by atoms with Crippen molar-refractivity contribution in [1.29, 1.82) is 0 Å². The first-order chi connectivity index (χ1) is 6.65. The summed E-state index contributed by atoms with van der Waals surface area (Å²) in [6.45, 7) is 0.0264. The Morgan fingerprint density at radius 2 is 2.21 bits per heavy atom. The van der Waals surface area contributed by atoms with Crippen molar-refractivity contribution in [3.05, 3.63) is 39.7 Å². The normalized spacial score (nSPS) is 10.1. The van der Waals surface area contributed by atoms with Gasteiger partial charge in [-0.2, -0.15) is 4.39 Å². The lowest BCUT2D eigenvalue weighted by Crippen LogP contribution is -1.95. The van der Waals surface area contributed by atoms with Gasteiger partial charge < -0.3 is 5.11 Å². The molecule has 0 aliphatic rings. The Morgan fingerprint density at radius 1 is 1.50 bits per heavy atom. The van der Waals surface area contributed by atoms with Crippen molar-refractivity contribution in [2.24, 2.45) is 0 Å². The highest BCUT2D eigenvalue weighted by molar-refractivity contribution is 5.34. The molecule has 0 heterocycles. The molecule has 1 rings (SSSR count). The summed E-state index contributed by atoms with van der Waals surface area (Å²) in [4.78, 5) is 9.51. The minimum Gasteiger partial charge on any atom is -0.396 e. The Balaban J connectivity index is 2.83. The molecule has 5 heteroatoms. The number of aryl methyl sites for hydroxylation is 1. The molecule has 1 N–H and O–H groups in total. The van der Waals surface area contributed by atoms with Crippen LogP contribution in [0.5, 0.6) is 0 Å². The van der Waals surface area contributed by atoms with Gasteiger partial charge in [0, 0.05) is 12.7 Å². The van der Waals surface area contributed by atoms with Gasteiger partial charge in [0.05, 0.1) is 4.92 Å². The van der Waals surface area contributed by atoms with E-state index in [2.05, 4.69) is 0 Å². The zero-order chi connectivity index (χ0) is 10.6. The molecule has 0 atom stereocenters. The number of aliphatic hydroxyl groups is 1. The first kappa shape index (κ1) is 10.6. The van der Waals surface area contributed by atoms with Gasteiger partial charge in [-0.3, -0.25) is 10.1 Å². The van der Waals surface area contributed by atoms with E-state index in [4.69, 9.17) is 5.11 Å². The number of halogens is 1. The second-order valence-corrected chi connectivity index (χ2v) is 2.87.